The van der Waals surface area contributed by atoms with Gasteiger partial charge in [-0.25, -0.2) is 0 Å². The van der Waals surface area contributed by atoms with Gasteiger partial charge in [-0.3, -0.25) is 4.79 Å². The van der Waals surface area contributed by atoms with Crippen molar-refractivity contribution in [3.63, 3.8) is 0 Å². The zero-order valence-corrected chi connectivity index (χ0v) is 16.5. The van der Waals surface area contributed by atoms with Crippen molar-refractivity contribution >= 4 is 11.7 Å². The third kappa shape index (κ3) is 11.7. The lowest BCUT2D eigenvalue weighted by atomic mass is 9.94. The van der Waals surface area contributed by atoms with Gasteiger partial charge in [0.05, 0.1) is 7.11 Å². The summed E-state index contributed by atoms with van der Waals surface area (Å²) in [6.07, 6.45) is 4.79. The van der Waals surface area contributed by atoms with E-state index in [1.807, 2.05) is 13.8 Å². The first-order chi connectivity index (χ1) is 10.8. The smallest absolute Gasteiger partial charge is 0.302 e. The Balaban J connectivity index is 0. The van der Waals surface area contributed by atoms with Gasteiger partial charge in [-0.15, -0.1) is 0 Å². The highest BCUT2D eigenvalue weighted by Gasteiger charge is 2.06. The summed E-state index contributed by atoms with van der Waals surface area (Å²) in [6, 6.07) is 4.46. The van der Waals surface area contributed by atoms with Crippen LogP contribution in [0.15, 0.2) is 12.1 Å². The van der Waals surface area contributed by atoms with Crippen molar-refractivity contribution in [1.29, 1.82) is 0 Å². The van der Waals surface area contributed by atoms with Gasteiger partial charge in [0.2, 0.25) is 0 Å². The van der Waals surface area contributed by atoms with Crippen LogP contribution in [0.1, 0.15) is 71.1 Å². The van der Waals surface area contributed by atoms with Crippen molar-refractivity contribution in [1.82, 2.24) is 0 Å². The maximum Gasteiger partial charge on any atom is 0.302 e. The van der Waals surface area contributed by atoms with Gasteiger partial charge in [0, 0.05) is 12.6 Å². The molecule has 3 heteroatoms. The fraction of sp³-hybridized carbons (Fsp3) is 0.650. The van der Waals surface area contributed by atoms with Crippen molar-refractivity contribution < 1.29 is 9.53 Å². The van der Waals surface area contributed by atoms with Crippen molar-refractivity contribution in [2.75, 3.05) is 12.8 Å². The predicted octanol–water partition coefficient (Wildman–Crippen LogP) is 5.32. The molecule has 3 nitrogen and oxygen atoms in total. The third-order valence-corrected chi connectivity index (χ3v) is 3.39. The first-order valence-corrected chi connectivity index (χ1v) is 8.74. The lowest BCUT2D eigenvalue weighted by Gasteiger charge is -2.13. The number of benzene rings is 1. The zero-order chi connectivity index (χ0) is 18.4. The van der Waals surface area contributed by atoms with Gasteiger partial charge in [0.1, 0.15) is 0 Å². The summed E-state index contributed by atoms with van der Waals surface area (Å²) < 4.78 is 4.11. The standard InChI is InChI=1S/C15H25N.C3H6O2.C2H6/c1-5-6-13-9-12(4)15(16)10-14(13)8-7-11(2)3;1-3(4)5-2;1-2/h9-11H,5-8,16H2,1-4H3;1-2H3;1-2H3. The van der Waals surface area contributed by atoms with Crippen LogP contribution in [0.25, 0.3) is 0 Å². The second-order valence-corrected chi connectivity index (χ2v) is 5.86. The minimum atomic E-state index is -0.245. The lowest BCUT2D eigenvalue weighted by molar-refractivity contribution is -0.137. The summed E-state index contributed by atoms with van der Waals surface area (Å²) in [5.74, 6) is 0.516. The summed E-state index contributed by atoms with van der Waals surface area (Å²) in [4.78, 5) is 9.59. The number of methoxy groups -OCH3 is 1. The van der Waals surface area contributed by atoms with Crippen LogP contribution in [-0.4, -0.2) is 13.1 Å². The maximum atomic E-state index is 9.59. The molecule has 0 aliphatic carbocycles. The number of nitrogens with two attached hydrogens (primary N) is 1. The SMILES string of the molecule is CC.CCCc1cc(C)c(N)cc1CCC(C)C.COC(C)=O. The molecule has 1 aromatic rings. The van der Waals surface area contributed by atoms with Gasteiger partial charge >= 0.3 is 5.97 Å². The van der Waals surface area contributed by atoms with E-state index < -0.39 is 0 Å². The van der Waals surface area contributed by atoms with Crippen LogP contribution in [-0.2, 0) is 22.4 Å². The maximum absolute atomic E-state index is 9.59. The molecule has 0 fully saturated rings. The van der Waals surface area contributed by atoms with E-state index in [0.717, 1.165) is 18.0 Å². The van der Waals surface area contributed by atoms with Crippen molar-refractivity contribution in [3.8, 4) is 0 Å². The van der Waals surface area contributed by atoms with Crippen LogP contribution in [0.4, 0.5) is 5.69 Å². The lowest BCUT2D eigenvalue weighted by Crippen LogP contribution is -2.01. The molecule has 0 aliphatic heterocycles. The van der Waals surface area contributed by atoms with Gasteiger partial charge in [-0.05, 0) is 54.9 Å². The molecule has 2 N–H and O–H groups in total. The summed E-state index contributed by atoms with van der Waals surface area (Å²) in [5, 5.41) is 0. The van der Waals surface area contributed by atoms with Gasteiger partial charge in [0.15, 0.2) is 0 Å². The van der Waals surface area contributed by atoms with Crippen LogP contribution in [0, 0.1) is 12.8 Å². The van der Waals surface area contributed by atoms with Gasteiger partial charge < -0.3 is 10.5 Å². The second-order valence-electron chi connectivity index (χ2n) is 5.86. The fourth-order valence-electron chi connectivity index (χ4n) is 2.01. The largest absolute Gasteiger partial charge is 0.469 e. The van der Waals surface area contributed by atoms with Crippen molar-refractivity contribution in [2.45, 2.75) is 74.1 Å². The van der Waals surface area contributed by atoms with E-state index in [1.54, 1.807) is 0 Å². The quantitative estimate of drug-likeness (QED) is 0.589. The molecule has 0 bridgehead atoms. The Hall–Kier alpha value is -1.51. The molecule has 0 aromatic heterocycles. The molecule has 0 unspecified atom stereocenters. The molecule has 0 heterocycles. The Bertz CT molecular complexity index is 440. The van der Waals surface area contributed by atoms with E-state index in [9.17, 15) is 4.79 Å². The third-order valence-electron chi connectivity index (χ3n) is 3.39. The number of nitrogen functional groups attached to an aromatic ring is 1. The van der Waals surface area contributed by atoms with Gasteiger partial charge in [-0.2, -0.15) is 0 Å². The van der Waals surface area contributed by atoms with Crippen LogP contribution < -0.4 is 5.73 Å². The van der Waals surface area contributed by atoms with Crippen molar-refractivity contribution in [3.05, 3.63) is 28.8 Å². The number of ether oxygens (including phenoxy) is 1. The molecule has 0 aliphatic rings. The first-order valence-electron chi connectivity index (χ1n) is 8.74. The molecule has 0 spiro atoms. The molecule has 1 aromatic carbocycles. The summed E-state index contributed by atoms with van der Waals surface area (Å²) in [6.45, 7) is 14.2. The highest BCUT2D eigenvalue weighted by atomic mass is 16.5. The summed E-state index contributed by atoms with van der Waals surface area (Å²) >= 11 is 0. The highest BCUT2D eigenvalue weighted by Crippen LogP contribution is 2.22. The van der Waals surface area contributed by atoms with E-state index in [-0.39, 0.29) is 5.97 Å². The number of carbonyl (C=O) groups excluding carboxylic acids is 1. The van der Waals surface area contributed by atoms with Crippen LogP contribution in [0.2, 0.25) is 0 Å². The predicted molar refractivity (Wildman–Crippen MR) is 102 cm³/mol. The van der Waals surface area contributed by atoms with Gasteiger partial charge in [0.25, 0.3) is 0 Å². The van der Waals surface area contributed by atoms with Crippen LogP contribution in [0.5, 0.6) is 0 Å². The van der Waals surface area contributed by atoms with E-state index in [0.29, 0.717) is 0 Å². The molecule has 0 atom stereocenters. The number of carbonyl (C=O) groups is 1. The molecule has 0 amide bonds. The molecular formula is C20H37NO2. The monoisotopic (exact) mass is 323 g/mol. The first kappa shape index (κ1) is 23.8. The van der Waals surface area contributed by atoms with Crippen LogP contribution >= 0.6 is 0 Å². The van der Waals surface area contributed by atoms with Crippen molar-refractivity contribution in [2.24, 2.45) is 5.92 Å². The second kappa shape index (κ2) is 14.1. The van der Waals surface area contributed by atoms with E-state index >= 15 is 0 Å². The Labute approximate surface area is 143 Å². The molecular weight excluding hydrogens is 286 g/mol. The number of aryl methyl sites for hydroxylation is 3. The molecule has 134 valence electrons. The Morgan fingerprint density at radius 3 is 2.04 bits per heavy atom. The molecule has 0 saturated carbocycles. The summed E-state index contributed by atoms with van der Waals surface area (Å²) in [5.41, 5.74) is 11.1. The van der Waals surface area contributed by atoms with E-state index in [1.165, 1.54) is 50.0 Å². The molecule has 0 radical (unpaired) electrons. The summed E-state index contributed by atoms with van der Waals surface area (Å²) in [7, 11) is 1.35. The van der Waals surface area contributed by atoms with Gasteiger partial charge in [-0.1, -0.05) is 47.1 Å². The number of esters is 1. The number of rotatable bonds is 5. The van der Waals surface area contributed by atoms with E-state index in [2.05, 4.69) is 44.6 Å². The van der Waals surface area contributed by atoms with Crippen LogP contribution in [0.3, 0.4) is 0 Å². The Morgan fingerprint density at radius 1 is 1.17 bits per heavy atom. The zero-order valence-electron chi connectivity index (χ0n) is 16.5. The Kier molecular flexibility index (Phi) is 14.6. The molecule has 1 rings (SSSR count). The minimum absolute atomic E-state index is 0.245. The van der Waals surface area contributed by atoms with E-state index in [4.69, 9.17) is 5.73 Å². The highest BCUT2D eigenvalue weighted by molar-refractivity contribution is 5.65. The average Bonchev–Trinajstić information content (AvgIpc) is 2.52. The fourth-order valence-corrected chi connectivity index (χ4v) is 2.01. The Morgan fingerprint density at radius 2 is 1.65 bits per heavy atom. The number of hydrogen-bond donors (Lipinski definition) is 1. The normalized spacial score (nSPS) is 9.43. The minimum Gasteiger partial charge on any atom is -0.469 e. The number of anilines is 1. The molecule has 23 heavy (non-hydrogen) atoms. The molecule has 0 saturated heterocycles. The average molecular weight is 324 g/mol. The topological polar surface area (TPSA) is 52.3 Å². The number of hydrogen-bond acceptors (Lipinski definition) is 3.